The van der Waals surface area contributed by atoms with Crippen LogP contribution in [0, 0.1) is 28.6 Å². The Morgan fingerprint density at radius 2 is 1.86 bits per heavy atom. The summed E-state index contributed by atoms with van der Waals surface area (Å²) in [5, 5.41) is 0. The second-order valence-corrected chi connectivity index (χ2v) is 12.0. The second kappa shape index (κ2) is 8.10. The quantitative estimate of drug-likeness (QED) is 0.424. The molecule has 0 aromatic heterocycles. The number of ketones is 1. The fourth-order valence-electron chi connectivity index (χ4n) is 8.37. The van der Waals surface area contributed by atoms with Crippen LogP contribution in [0.2, 0.25) is 0 Å². The Morgan fingerprint density at radius 1 is 1.11 bits per heavy atom. The molecule has 35 heavy (non-hydrogen) atoms. The van der Waals surface area contributed by atoms with Crippen molar-refractivity contribution in [1.82, 2.24) is 0 Å². The Labute approximate surface area is 206 Å². The van der Waals surface area contributed by atoms with E-state index in [2.05, 4.69) is 13.8 Å². The Bertz CT molecular complexity index is 975. The molecule has 194 valence electrons. The maximum atomic E-state index is 15.6. The molecular formula is C27H37FO7. The molecule has 5 rings (SSSR count). The third kappa shape index (κ3) is 3.45. The topological polar surface area (TPSA) is 88.1 Å². The Hall–Kier alpha value is -1.80. The molecule has 7 nitrogen and oxygen atoms in total. The summed E-state index contributed by atoms with van der Waals surface area (Å²) in [6.07, 6.45) is 3.60. The van der Waals surface area contributed by atoms with Crippen LogP contribution in [0.4, 0.5) is 4.39 Å². The standard InChI is InChI=1S/C27H37FO7/c1-6-22(30)32-14-33-23(31)27-21(34-24(2,3)35-27)13-18-16-12-20(28)19-11-15(29)7-9-25(19,4)17(16)8-10-26(18,27)5/h11,16-18,20-21H,6-10,12-14H2,1-5H3/t16-,17+,18-,20+,21-,25-,26-,27+/m1/s1. The SMILES string of the molecule is CCC(=O)OCOC(=O)[C@@]12OC(C)(C)O[C@@H]1C[C@@H]1[C@@H]3C[C@H](F)C4=CC(=O)CC[C@]4(C)[C@H]3CC[C@]12C. The van der Waals surface area contributed by atoms with Crippen molar-refractivity contribution in [3.8, 4) is 0 Å². The fraction of sp³-hybridized carbons (Fsp3) is 0.815. The van der Waals surface area contributed by atoms with Crippen LogP contribution in [0.15, 0.2) is 11.6 Å². The predicted molar refractivity (Wildman–Crippen MR) is 122 cm³/mol. The summed E-state index contributed by atoms with van der Waals surface area (Å²) in [6, 6.07) is 0. The highest BCUT2D eigenvalue weighted by atomic mass is 19.1. The lowest BCUT2D eigenvalue weighted by Gasteiger charge is -2.59. The van der Waals surface area contributed by atoms with Gasteiger partial charge in [-0.3, -0.25) is 9.59 Å². The number of allylic oxidation sites excluding steroid dienone is 1. The lowest BCUT2D eigenvalue weighted by Crippen LogP contribution is -2.61. The first kappa shape index (κ1) is 24.9. The maximum absolute atomic E-state index is 15.6. The van der Waals surface area contributed by atoms with Gasteiger partial charge in [-0.05, 0) is 80.8 Å². The van der Waals surface area contributed by atoms with Crippen molar-refractivity contribution >= 4 is 17.7 Å². The number of carbonyl (C=O) groups excluding carboxylic acids is 3. The molecule has 1 heterocycles. The van der Waals surface area contributed by atoms with Crippen molar-refractivity contribution in [2.75, 3.05) is 6.79 Å². The van der Waals surface area contributed by atoms with E-state index >= 15 is 4.39 Å². The van der Waals surface area contributed by atoms with Gasteiger partial charge in [0.05, 0.1) is 0 Å². The van der Waals surface area contributed by atoms with E-state index in [1.54, 1.807) is 26.8 Å². The average molecular weight is 493 g/mol. The molecule has 3 saturated carbocycles. The number of hydrogen-bond donors (Lipinski definition) is 0. The van der Waals surface area contributed by atoms with Gasteiger partial charge < -0.3 is 18.9 Å². The number of carbonyl (C=O) groups is 3. The lowest BCUT2D eigenvalue weighted by molar-refractivity contribution is -0.232. The van der Waals surface area contributed by atoms with Crippen LogP contribution >= 0.6 is 0 Å². The lowest BCUT2D eigenvalue weighted by atomic mass is 9.46. The van der Waals surface area contributed by atoms with Gasteiger partial charge in [-0.25, -0.2) is 9.18 Å². The van der Waals surface area contributed by atoms with Gasteiger partial charge in [0.2, 0.25) is 6.79 Å². The fourth-order valence-corrected chi connectivity index (χ4v) is 8.37. The van der Waals surface area contributed by atoms with E-state index < -0.39 is 47.8 Å². The highest BCUT2D eigenvalue weighted by Gasteiger charge is 2.77. The summed E-state index contributed by atoms with van der Waals surface area (Å²) in [4.78, 5) is 37.3. The number of ether oxygens (including phenoxy) is 4. The predicted octanol–water partition coefficient (Wildman–Crippen LogP) is 4.42. The number of hydrogen-bond acceptors (Lipinski definition) is 7. The normalized spacial score (nSPS) is 45.5. The summed E-state index contributed by atoms with van der Waals surface area (Å²) in [7, 11) is 0. The number of alkyl halides is 1. The molecule has 5 aliphatic rings. The second-order valence-electron chi connectivity index (χ2n) is 12.0. The largest absolute Gasteiger partial charge is 0.428 e. The molecular weight excluding hydrogens is 455 g/mol. The molecule has 0 aromatic rings. The van der Waals surface area contributed by atoms with Crippen LogP contribution in [0.5, 0.6) is 0 Å². The molecule has 1 aliphatic heterocycles. The maximum Gasteiger partial charge on any atom is 0.344 e. The zero-order chi connectivity index (χ0) is 25.4. The van der Waals surface area contributed by atoms with Crippen LogP contribution < -0.4 is 0 Å². The summed E-state index contributed by atoms with van der Waals surface area (Å²) in [5.74, 6) is -1.71. The summed E-state index contributed by atoms with van der Waals surface area (Å²) in [6.45, 7) is 8.96. The molecule has 0 amide bonds. The van der Waals surface area contributed by atoms with Gasteiger partial charge in [-0.2, -0.15) is 0 Å². The van der Waals surface area contributed by atoms with Gasteiger partial charge in [-0.1, -0.05) is 20.8 Å². The third-order valence-electron chi connectivity index (χ3n) is 9.93. The molecule has 0 spiro atoms. The minimum Gasteiger partial charge on any atom is -0.428 e. The minimum atomic E-state index is -1.35. The first-order valence-corrected chi connectivity index (χ1v) is 13.0. The van der Waals surface area contributed by atoms with Crippen LogP contribution in [0.25, 0.3) is 0 Å². The van der Waals surface area contributed by atoms with E-state index in [0.717, 1.165) is 6.42 Å². The van der Waals surface area contributed by atoms with E-state index in [1.807, 2.05) is 0 Å². The van der Waals surface area contributed by atoms with E-state index in [1.165, 1.54) is 0 Å². The van der Waals surface area contributed by atoms with Crippen molar-refractivity contribution in [1.29, 1.82) is 0 Å². The molecule has 0 unspecified atom stereocenters. The Balaban J connectivity index is 1.48. The monoisotopic (exact) mass is 492 g/mol. The van der Waals surface area contributed by atoms with Crippen molar-refractivity contribution < 1.29 is 37.7 Å². The zero-order valence-corrected chi connectivity index (χ0v) is 21.4. The zero-order valence-electron chi connectivity index (χ0n) is 21.4. The molecule has 8 atom stereocenters. The number of halogens is 1. The molecule has 0 radical (unpaired) electrons. The van der Waals surface area contributed by atoms with E-state index in [4.69, 9.17) is 18.9 Å². The van der Waals surface area contributed by atoms with E-state index in [-0.39, 0.29) is 35.4 Å². The van der Waals surface area contributed by atoms with Gasteiger partial charge in [0.15, 0.2) is 17.2 Å². The Kier molecular flexibility index (Phi) is 5.76. The molecule has 4 fully saturated rings. The molecule has 1 saturated heterocycles. The van der Waals surface area contributed by atoms with Crippen molar-refractivity contribution in [2.45, 2.75) is 103 Å². The van der Waals surface area contributed by atoms with Crippen molar-refractivity contribution in [3.05, 3.63) is 11.6 Å². The summed E-state index contributed by atoms with van der Waals surface area (Å²) >= 11 is 0. The highest BCUT2D eigenvalue weighted by molar-refractivity contribution is 5.92. The van der Waals surface area contributed by atoms with Gasteiger partial charge in [0.25, 0.3) is 0 Å². The van der Waals surface area contributed by atoms with Gasteiger partial charge in [0, 0.05) is 18.3 Å². The molecule has 4 aliphatic carbocycles. The van der Waals surface area contributed by atoms with Crippen LogP contribution in [-0.4, -0.2) is 48.2 Å². The van der Waals surface area contributed by atoms with Crippen LogP contribution in [0.1, 0.15) is 79.6 Å². The summed E-state index contributed by atoms with van der Waals surface area (Å²) < 4.78 is 38.8. The average Bonchev–Trinajstić information content (AvgIpc) is 3.21. The first-order valence-electron chi connectivity index (χ1n) is 13.0. The highest BCUT2D eigenvalue weighted by Crippen LogP contribution is 2.71. The van der Waals surface area contributed by atoms with Gasteiger partial charge in [-0.15, -0.1) is 0 Å². The van der Waals surface area contributed by atoms with Crippen molar-refractivity contribution in [2.24, 2.45) is 28.6 Å². The number of esters is 2. The smallest absolute Gasteiger partial charge is 0.344 e. The number of rotatable bonds is 4. The van der Waals surface area contributed by atoms with Crippen molar-refractivity contribution in [3.63, 3.8) is 0 Å². The molecule has 0 aromatic carbocycles. The minimum absolute atomic E-state index is 0.00217. The molecule has 0 N–H and O–H groups in total. The summed E-state index contributed by atoms with van der Waals surface area (Å²) in [5.41, 5.74) is -1.66. The third-order valence-corrected chi connectivity index (χ3v) is 9.93. The van der Waals surface area contributed by atoms with Gasteiger partial charge >= 0.3 is 11.9 Å². The number of fused-ring (bicyclic) bond motifs is 7. The van der Waals surface area contributed by atoms with E-state index in [9.17, 15) is 14.4 Å². The van der Waals surface area contributed by atoms with E-state index in [0.29, 0.717) is 37.7 Å². The first-order chi connectivity index (χ1) is 16.4. The van der Waals surface area contributed by atoms with Gasteiger partial charge in [0.1, 0.15) is 12.3 Å². The molecule has 8 heteroatoms. The van der Waals surface area contributed by atoms with Crippen LogP contribution in [0.3, 0.4) is 0 Å². The Morgan fingerprint density at radius 3 is 2.57 bits per heavy atom. The van der Waals surface area contributed by atoms with Crippen LogP contribution in [-0.2, 0) is 33.3 Å². The molecule has 0 bridgehead atoms.